The Kier molecular flexibility index (Phi) is 2.15. The van der Waals surface area contributed by atoms with E-state index in [1.54, 1.807) is 0 Å². The first-order valence-corrected chi connectivity index (χ1v) is 4.39. The molecule has 0 saturated carbocycles. The average molecular weight is 227 g/mol. The molecule has 0 fully saturated rings. The molecule has 0 aliphatic carbocycles. The van der Waals surface area contributed by atoms with Crippen molar-refractivity contribution in [2.45, 2.75) is 5.92 Å². The second-order valence-electron chi connectivity index (χ2n) is 3.28. The van der Waals surface area contributed by atoms with Crippen LogP contribution < -0.4 is 5.32 Å². The number of rotatable bonds is 1. The Balaban J connectivity index is 2.52. The summed E-state index contributed by atoms with van der Waals surface area (Å²) in [6.07, 6.45) is 0. The molecule has 1 aromatic rings. The zero-order valence-electron chi connectivity index (χ0n) is 8.21. The van der Waals surface area contributed by atoms with Crippen molar-refractivity contribution in [3.8, 4) is 0 Å². The molecular weight excluding hydrogens is 220 g/mol. The van der Waals surface area contributed by atoms with Gasteiger partial charge in [0.1, 0.15) is 0 Å². The second kappa shape index (κ2) is 3.26. The molecule has 0 unspecified atom stereocenters. The Labute approximate surface area is 89.2 Å². The van der Waals surface area contributed by atoms with Gasteiger partial charge in [-0.05, 0) is 18.2 Å². The first-order valence-electron chi connectivity index (χ1n) is 4.39. The van der Waals surface area contributed by atoms with Crippen LogP contribution >= 0.6 is 0 Å². The summed E-state index contributed by atoms with van der Waals surface area (Å²) in [7, 11) is 1.15. The zero-order valence-corrected chi connectivity index (χ0v) is 8.21. The largest absolute Gasteiger partial charge is 0.465 e. The summed E-state index contributed by atoms with van der Waals surface area (Å²) in [5.74, 6) is -5.71. The van der Waals surface area contributed by atoms with Gasteiger partial charge in [0.25, 0.3) is 5.91 Å². The number of amides is 1. The number of alkyl halides is 2. The molecule has 0 atom stereocenters. The van der Waals surface area contributed by atoms with Crippen LogP contribution in [0.4, 0.5) is 14.5 Å². The Morgan fingerprint density at radius 1 is 1.44 bits per heavy atom. The van der Waals surface area contributed by atoms with Gasteiger partial charge in [0.05, 0.1) is 23.9 Å². The van der Waals surface area contributed by atoms with Crippen molar-refractivity contribution < 1.29 is 23.1 Å². The molecule has 1 N–H and O–H groups in total. The molecule has 0 saturated heterocycles. The maximum atomic E-state index is 13.3. The van der Waals surface area contributed by atoms with Crippen molar-refractivity contribution in [3.63, 3.8) is 0 Å². The Morgan fingerprint density at radius 2 is 2.12 bits per heavy atom. The van der Waals surface area contributed by atoms with Gasteiger partial charge in [-0.15, -0.1) is 0 Å². The smallest absolute Gasteiger partial charge is 0.352 e. The number of anilines is 1. The van der Waals surface area contributed by atoms with Crippen molar-refractivity contribution in [3.05, 3.63) is 29.3 Å². The standard InChI is InChI=1S/C10H7F2NO3/c1-16-8(14)5-2-3-7-6(4-5)10(11,12)9(15)13-7/h2-4H,1H3,(H,13,15). The molecule has 4 nitrogen and oxygen atoms in total. The molecule has 1 amide bonds. The number of nitrogens with one attached hydrogen (secondary N) is 1. The highest BCUT2D eigenvalue weighted by Gasteiger charge is 2.48. The van der Waals surface area contributed by atoms with Gasteiger partial charge in [0, 0.05) is 0 Å². The summed E-state index contributed by atoms with van der Waals surface area (Å²) >= 11 is 0. The lowest BCUT2D eigenvalue weighted by Gasteiger charge is -2.07. The first-order chi connectivity index (χ1) is 7.46. The third-order valence-corrected chi connectivity index (χ3v) is 2.31. The number of halogens is 2. The molecule has 0 bridgehead atoms. The minimum atomic E-state index is -3.60. The van der Waals surface area contributed by atoms with Crippen LogP contribution in [0.25, 0.3) is 0 Å². The highest BCUT2D eigenvalue weighted by molar-refractivity contribution is 6.04. The van der Waals surface area contributed by atoms with Crippen LogP contribution in [-0.4, -0.2) is 19.0 Å². The van der Waals surface area contributed by atoms with Crippen LogP contribution in [0.5, 0.6) is 0 Å². The number of hydrogen-bond acceptors (Lipinski definition) is 3. The van der Waals surface area contributed by atoms with Crippen LogP contribution in [0.1, 0.15) is 15.9 Å². The molecule has 0 spiro atoms. The van der Waals surface area contributed by atoms with E-state index in [0.29, 0.717) is 0 Å². The van der Waals surface area contributed by atoms with Gasteiger partial charge in [0.15, 0.2) is 0 Å². The molecular formula is C10H7F2NO3. The molecule has 1 aliphatic rings. The molecule has 84 valence electrons. The monoisotopic (exact) mass is 227 g/mol. The predicted molar refractivity (Wildman–Crippen MR) is 50.3 cm³/mol. The number of ether oxygens (including phenoxy) is 1. The second-order valence-corrected chi connectivity index (χ2v) is 3.28. The fraction of sp³-hybridized carbons (Fsp3) is 0.200. The Bertz CT molecular complexity index is 485. The van der Waals surface area contributed by atoms with Crippen molar-refractivity contribution in [2.75, 3.05) is 12.4 Å². The van der Waals surface area contributed by atoms with Crippen molar-refractivity contribution in [1.29, 1.82) is 0 Å². The summed E-state index contributed by atoms with van der Waals surface area (Å²) in [5.41, 5.74) is -0.500. The molecule has 0 radical (unpaired) electrons. The van der Waals surface area contributed by atoms with Crippen LogP contribution in [0.3, 0.4) is 0 Å². The number of hydrogen-bond donors (Lipinski definition) is 1. The zero-order chi connectivity index (χ0) is 11.9. The lowest BCUT2D eigenvalue weighted by atomic mass is 10.1. The third-order valence-electron chi connectivity index (χ3n) is 2.31. The van der Waals surface area contributed by atoms with Crippen LogP contribution in [0, 0.1) is 0 Å². The van der Waals surface area contributed by atoms with Crippen LogP contribution in [0.2, 0.25) is 0 Å². The quantitative estimate of drug-likeness (QED) is 0.740. The average Bonchev–Trinajstić information content (AvgIpc) is 2.49. The summed E-state index contributed by atoms with van der Waals surface area (Å²) in [6, 6.07) is 3.52. The predicted octanol–water partition coefficient (Wildman–Crippen LogP) is 1.52. The highest BCUT2D eigenvalue weighted by atomic mass is 19.3. The molecule has 6 heteroatoms. The summed E-state index contributed by atoms with van der Waals surface area (Å²) < 4.78 is 31.0. The van der Waals surface area contributed by atoms with E-state index in [1.165, 1.54) is 12.1 Å². The lowest BCUT2D eigenvalue weighted by Crippen LogP contribution is -2.23. The molecule has 1 heterocycles. The van der Waals surface area contributed by atoms with Gasteiger partial charge in [-0.2, -0.15) is 8.78 Å². The lowest BCUT2D eigenvalue weighted by molar-refractivity contribution is -0.139. The minimum absolute atomic E-state index is 0.0163. The van der Waals surface area contributed by atoms with Gasteiger partial charge in [-0.3, -0.25) is 4.79 Å². The van der Waals surface area contributed by atoms with Gasteiger partial charge < -0.3 is 10.1 Å². The third kappa shape index (κ3) is 1.34. The van der Waals surface area contributed by atoms with Gasteiger partial charge >= 0.3 is 11.9 Å². The van der Waals surface area contributed by atoms with E-state index in [-0.39, 0.29) is 11.3 Å². The molecule has 1 aliphatic heterocycles. The van der Waals surface area contributed by atoms with Crippen molar-refractivity contribution in [1.82, 2.24) is 0 Å². The number of methoxy groups -OCH3 is 1. The highest BCUT2D eigenvalue weighted by Crippen LogP contribution is 2.40. The number of fused-ring (bicyclic) bond motifs is 1. The van der Waals surface area contributed by atoms with E-state index in [2.05, 4.69) is 4.74 Å². The molecule has 1 aromatic carbocycles. The maximum Gasteiger partial charge on any atom is 0.352 e. The normalized spacial score (nSPS) is 16.6. The van der Waals surface area contributed by atoms with E-state index in [4.69, 9.17) is 0 Å². The number of benzene rings is 1. The Hall–Kier alpha value is -1.98. The summed E-state index contributed by atoms with van der Waals surface area (Å²) in [4.78, 5) is 22.1. The topological polar surface area (TPSA) is 55.4 Å². The fourth-order valence-corrected chi connectivity index (χ4v) is 1.48. The van der Waals surface area contributed by atoms with E-state index in [9.17, 15) is 18.4 Å². The number of carbonyl (C=O) groups is 2. The summed E-state index contributed by atoms with van der Waals surface area (Å²) in [6.45, 7) is 0. The van der Waals surface area contributed by atoms with E-state index in [0.717, 1.165) is 13.2 Å². The molecule has 0 aromatic heterocycles. The van der Waals surface area contributed by atoms with Crippen molar-refractivity contribution in [2.24, 2.45) is 0 Å². The van der Waals surface area contributed by atoms with Crippen molar-refractivity contribution >= 4 is 17.6 Å². The van der Waals surface area contributed by atoms with E-state index < -0.39 is 23.4 Å². The van der Waals surface area contributed by atoms with E-state index in [1.807, 2.05) is 5.32 Å². The van der Waals surface area contributed by atoms with E-state index >= 15 is 0 Å². The van der Waals surface area contributed by atoms with Crippen LogP contribution in [-0.2, 0) is 15.5 Å². The van der Waals surface area contributed by atoms with Gasteiger partial charge in [-0.1, -0.05) is 0 Å². The molecule has 16 heavy (non-hydrogen) atoms. The molecule has 2 rings (SSSR count). The SMILES string of the molecule is COC(=O)c1ccc2c(c1)C(F)(F)C(=O)N2. The number of esters is 1. The fourth-order valence-electron chi connectivity index (χ4n) is 1.48. The Morgan fingerprint density at radius 3 is 2.75 bits per heavy atom. The summed E-state index contributed by atoms with van der Waals surface area (Å²) in [5, 5.41) is 2.03. The maximum absolute atomic E-state index is 13.3. The number of carbonyl (C=O) groups excluding carboxylic acids is 2. The van der Waals surface area contributed by atoms with Gasteiger partial charge in [0.2, 0.25) is 0 Å². The van der Waals surface area contributed by atoms with Gasteiger partial charge in [-0.25, -0.2) is 4.79 Å². The minimum Gasteiger partial charge on any atom is -0.465 e. The first kappa shape index (κ1) is 10.5. The van der Waals surface area contributed by atoms with Crippen LogP contribution in [0.15, 0.2) is 18.2 Å².